The lowest BCUT2D eigenvalue weighted by molar-refractivity contribution is -0.146. The summed E-state index contributed by atoms with van der Waals surface area (Å²) >= 11 is 3.51. The lowest BCUT2D eigenvalue weighted by Gasteiger charge is -2.33. The fourth-order valence-electron chi connectivity index (χ4n) is 2.37. The van der Waals surface area contributed by atoms with E-state index in [2.05, 4.69) is 35.1 Å². The monoisotopic (exact) mass is 327 g/mol. The highest BCUT2D eigenvalue weighted by Crippen LogP contribution is 2.30. The van der Waals surface area contributed by atoms with Crippen molar-refractivity contribution in [1.82, 2.24) is 0 Å². The molecular formula is C15H22BrNO2. The number of benzene rings is 1. The van der Waals surface area contributed by atoms with Crippen LogP contribution in [0.3, 0.4) is 0 Å². The van der Waals surface area contributed by atoms with Gasteiger partial charge in [-0.1, -0.05) is 38.8 Å². The van der Waals surface area contributed by atoms with Crippen LogP contribution in [0.25, 0.3) is 0 Å². The number of hydrogen-bond acceptors (Lipinski definition) is 3. The number of para-hydroxylation sites is 1. The number of carbonyl (C=O) groups is 1. The second-order valence-corrected chi connectivity index (χ2v) is 5.53. The maximum atomic E-state index is 12.2. The molecule has 3 nitrogen and oxygen atoms in total. The quantitative estimate of drug-likeness (QED) is 0.755. The van der Waals surface area contributed by atoms with Crippen molar-refractivity contribution >= 4 is 27.6 Å². The molecule has 0 amide bonds. The topological polar surface area (TPSA) is 38.3 Å². The Labute approximate surface area is 123 Å². The van der Waals surface area contributed by atoms with E-state index < -0.39 is 5.54 Å². The Hall–Kier alpha value is -1.03. The summed E-state index contributed by atoms with van der Waals surface area (Å²) < 4.78 is 5.97. The average Bonchev–Trinajstić information content (AvgIpc) is 2.41. The number of rotatable bonds is 7. The van der Waals surface area contributed by atoms with Gasteiger partial charge in [-0.25, -0.2) is 4.79 Å². The van der Waals surface area contributed by atoms with E-state index in [1.54, 1.807) is 0 Å². The van der Waals surface area contributed by atoms with Gasteiger partial charge in [0.1, 0.15) is 5.54 Å². The zero-order chi connectivity index (χ0) is 14.3. The van der Waals surface area contributed by atoms with Crippen molar-refractivity contribution in [3.8, 4) is 0 Å². The Kier molecular flexibility index (Phi) is 6.35. The molecule has 0 spiro atoms. The molecule has 1 aromatic carbocycles. The number of hydrogen-bond donors (Lipinski definition) is 1. The number of halogens is 1. The van der Waals surface area contributed by atoms with Gasteiger partial charge in [0.05, 0.1) is 7.11 Å². The van der Waals surface area contributed by atoms with E-state index in [1.807, 2.05) is 24.3 Å². The van der Waals surface area contributed by atoms with Crippen molar-refractivity contribution in [1.29, 1.82) is 0 Å². The van der Waals surface area contributed by atoms with E-state index in [0.29, 0.717) is 0 Å². The molecule has 106 valence electrons. The maximum absolute atomic E-state index is 12.2. The smallest absolute Gasteiger partial charge is 0.331 e. The standard InChI is InChI=1S/C15H22BrNO2/c1-4-10-15(11-5-2,14(18)19-3)17-13-9-7-6-8-12(13)16/h6-9,17H,4-5,10-11H2,1-3H3. The SMILES string of the molecule is CCCC(CCC)(Nc1ccccc1Br)C(=O)OC. The fraction of sp³-hybridized carbons (Fsp3) is 0.533. The minimum absolute atomic E-state index is 0.188. The zero-order valence-corrected chi connectivity index (χ0v) is 13.4. The van der Waals surface area contributed by atoms with Gasteiger partial charge in [-0.15, -0.1) is 0 Å². The highest BCUT2D eigenvalue weighted by Gasteiger charge is 2.38. The van der Waals surface area contributed by atoms with Gasteiger partial charge in [0.15, 0.2) is 0 Å². The van der Waals surface area contributed by atoms with Gasteiger partial charge in [-0.3, -0.25) is 0 Å². The largest absolute Gasteiger partial charge is 0.467 e. The molecule has 0 aliphatic rings. The molecule has 1 aromatic rings. The van der Waals surface area contributed by atoms with Crippen LogP contribution in [0.5, 0.6) is 0 Å². The molecule has 19 heavy (non-hydrogen) atoms. The third-order valence-electron chi connectivity index (χ3n) is 3.18. The summed E-state index contributed by atoms with van der Waals surface area (Å²) in [6.07, 6.45) is 3.36. The molecule has 0 aliphatic heterocycles. The van der Waals surface area contributed by atoms with Gasteiger partial charge in [0, 0.05) is 10.2 Å². The summed E-state index contributed by atoms with van der Waals surface area (Å²) in [4.78, 5) is 12.2. The number of methoxy groups -OCH3 is 1. The van der Waals surface area contributed by atoms with Gasteiger partial charge in [-0.05, 0) is 40.9 Å². The number of ether oxygens (including phenoxy) is 1. The summed E-state index contributed by atoms with van der Waals surface area (Å²) in [6, 6.07) is 7.83. The number of carbonyl (C=O) groups excluding carboxylic acids is 1. The van der Waals surface area contributed by atoms with Crippen molar-refractivity contribution < 1.29 is 9.53 Å². The second-order valence-electron chi connectivity index (χ2n) is 4.68. The van der Waals surface area contributed by atoms with E-state index in [0.717, 1.165) is 35.8 Å². The molecule has 0 heterocycles. The van der Waals surface area contributed by atoms with Crippen molar-refractivity contribution in [2.75, 3.05) is 12.4 Å². The normalized spacial score (nSPS) is 11.2. The number of nitrogens with one attached hydrogen (secondary N) is 1. The van der Waals surface area contributed by atoms with E-state index in [9.17, 15) is 4.79 Å². The summed E-state index contributed by atoms with van der Waals surface area (Å²) in [5, 5.41) is 3.39. The van der Waals surface area contributed by atoms with E-state index in [-0.39, 0.29) is 5.97 Å². The summed E-state index contributed by atoms with van der Waals surface area (Å²) in [7, 11) is 1.45. The van der Waals surface area contributed by atoms with E-state index in [4.69, 9.17) is 4.74 Å². The molecule has 0 saturated heterocycles. The molecule has 0 radical (unpaired) electrons. The first-order valence-electron chi connectivity index (χ1n) is 6.70. The van der Waals surface area contributed by atoms with Crippen LogP contribution in [0, 0.1) is 0 Å². The Balaban J connectivity index is 3.08. The van der Waals surface area contributed by atoms with Crippen molar-refractivity contribution in [2.45, 2.75) is 45.1 Å². The second kappa shape index (κ2) is 7.53. The molecular weight excluding hydrogens is 306 g/mol. The van der Waals surface area contributed by atoms with E-state index in [1.165, 1.54) is 7.11 Å². The molecule has 0 bridgehead atoms. The van der Waals surface area contributed by atoms with Gasteiger partial charge < -0.3 is 10.1 Å². The Bertz CT molecular complexity index is 414. The van der Waals surface area contributed by atoms with Crippen LogP contribution in [-0.2, 0) is 9.53 Å². The van der Waals surface area contributed by atoms with Crippen LogP contribution in [0.2, 0.25) is 0 Å². The van der Waals surface area contributed by atoms with Crippen LogP contribution in [0.1, 0.15) is 39.5 Å². The van der Waals surface area contributed by atoms with Gasteiger partial charge >= 0.3 is 5.97 Å². The number of esters is 1. The predicted octanol–water partition coefficient (Wildman–Crippen LogP) is 4.37. The molecule has 1 rings (SSSR count). The molecule has 0 saturated carbocycles. The summed E-state index contributed by atoms with van der Waals surface area (Å²) in [5.41, 5.74) is 0.289. The third-order valence-corrected chi connectivity index (χ3v) is 3.87. The first-order valence-corrected chi connectivity index (χ1v) is 7.50. The molecule has 0 atom stereocenters. The van der Waals surface area contributed by atoms with Crippen molar-refractivity contribution in [3.63, 3.8) is 0 Å². The van der Waals surface area contributed by atoms with E-state index >= 15 is 0 Å². The Morgan fingerprint density at radius 2 is 1.84 bits per heavy atom. The maximum Gasteiger partial charge on any atom is 0.331 e. The molecule has 0 unspecified atom stereocenters. The lowest BCUT2D eigenvalue weighted by Crippen LogP contribution is -2.47. The molecule has 0 fully saturated rings. The highest BCUT2D eigenvalue weighted by atomic mass is 79.9. The molecule has 1 N–H and O–H groups in total. The Morgan fingerprint density at radius 3 is 2.32 bits per heavy atom. The fourth-order valence-corrected chi connectivity index (χ4v) is 2.76. The van der Waals surface area contributed by atoms with Crippen molar-refractivity contribution in [2.24, 2.45) is 0 Å². The minimum atomic E-state index is -0.637. The zero-order valence-electron chi connectivity index (χ0n) is 11.8. The molecule has 0 aliphatic carbocycles. The first-order chi connectivity index (χ1) is 9.09. The molecule has 4 heteroatoms. The molecule has 0 aromatic heterocycles. The average molecular weight is 328 g/mol. The Morgan fingerprint density at radius 1 is 1.26 bits per heavy atom. The number of anilines is 1. The van der Waals surface area contributed by atoms with Gasteiger partial charge in [-0.2, -0.15) is 0 Å². The van der Waals surface area contributed by atoms with Gasteiger partial charge in [0.2, 0.25) is 0 Å². The third kappa shape index (κ3) is 3.96. The summed E-state index contributed by atoms with van der Waals surface area (Å²) in [6.45, 7) is 4.16. The van der Waals surface area contributed by atoms with Crippen LogP contribution < -0.4 is 5.32 Å². The van der Waals surface area contributed by atoms with Crippen LogP contribution in [0.4, 0.5) is 5.69 Å². The van der Waals surface area contributed by atoms with Gasteiger partial charge in [0.25, 0.3) is 0 Å². The summed E-state index contributed by atoms with van der Waals surface area (Å²) in [5.74, 6) is -0.188. The highest BCUT2D eigenvalue weighted by molar-refractivity contribution is 9.10. The van der Waals surface area contributed by atoms with Crippen LogP contribution >= 0.6 is 15.9 Å². The van der Waals surface area contributed by atoms with Crippen molar-refractivity contribution in [3.05, 3.63) is 28.7 Å². The minimum Gasteiger partial charge on any atom is -0.467 e. The lowest BCUT2D eigenvalue weighted by atomic mass is 9.88. The van der Waals surface area contributed by atoms with Crippen LogP contribution in [-0.4, -0.2) is 18.6 Å². The van der Waals surface area contributed by atoms with Crippen LogP contribution in [0.15, 0.2) is 28.7 Å². The predicted molar refractivity (Wildman–Crippen MR) is 82.3 cm³/mol. The first kappa shape index (κ1) is 16.0.